The van der Waals surface area contributed by atoms with Gasteiger partial charge >= 0.3 is 0 Å². The van der Waals surface area contributed by atoms with Crippen molar-refractivity contribution in [3.8, 4) is 0 Å². The molecular weight excluding hydrogens is 305 g/mol. The van der Waals surface area contributed by atoms with Crippen molar-refractivity contribution in [3.63, 3.8) is 0 Å². The third-order valence-electron chi connectivity index (χ3n) is 3.49. The number of halogens is 1. The van der Waals surface area contributed by atoms with Crippen LogP contribution in [0.4, 0.5) is 15.2 Å². The minimum Gasteiger partial charge on any atom is -0.309 e. The Hall–Kier alpha value is -2.28. The van der Waals surface area contributed by atoms with E-state index in [1.165, 1.54) is 28.4 Å². The summed E-state index contributed by atoms with van der Waals surface area (Å²) in [6, 6.07) is 6.07. The monoisotopic (exact) mass is 319 g/mol. The molecule has 3 rings (SSSR count). The molecule has 1 aromatic heterocycles. The number of anilines is 2. The molecule has 2 aromatic rings. The van der Waals surface area contributed by atoms with Gasteiger partial charge in [0.15, 0.2) is 5.13 Å². The van der Waals surface area contributed by atoms with E-state index >= 15 is 0 Å². The molecule has 1 aliphatic heterocycles. The summed E-state index contributed by atoms with van der Waals surface area (Å²) < 4.78 is 13.8. The number of aryl methyl sites for hydroxylation is 1. The second kappa shape index (κ2) is 5.84. The van der Waals surface area contributed by atoms with Crippen LogP contribution >= 0.6 is 11.3 Å². The first kappa shape index (κ1) is 14.6. The zero-order valence-electron chi connectivity index (χ0n) is 11.9. The maximum absolute atomic E-state index is 13.8. The van der Waals surface area contributed by atoms with Gasteiger partial charge in [-0.1, -0.05) is 12.1 Å². The third-order valence-corrected chi connectivity index (χ3v) is 4.32. The van der Waals surface area contributed by atoms with Crippen molar-refractivity contribution >= 4 is 34.0 Å². The van der Waals surface area contributed by atoms with Gasteiger partial charge in [0.05, 0.1) is 11.6 Å². The van der Waals surface area contributed by atoms with E-state index in [1.807, 2.05) is 6.92 Å². The lowest BCUT2D eigenvalue weighted by molar-refractivity contribution is -0.122. The van der Waals surface area contributed by atoms with Gasteiger partial charge in [0.25, 0.3) is 0 Å². The molecular formula is C15H14FN3O2S. The number of hydrogen-bond donors (Lipinski definition) is 1. The van der Waals surface area contributed by atoms with Crippen LogP contribution in [0.5, 0.6) is 0 Å². The minimum absolute atomic E-state index is 0.0739. The molecule has 2 heterocycles. The number of para-hydroxylation sites is 1. The van der Waals surface area contributed by atoms with E-state index in [-0.39, 0.29) is 30.5 Å². The Balaban J connectivity index is 1.71. The van der Waals surface area contributed by atoms with E-state index in [1.54, 1.807) is 18.3 Å². The number of aromatic nitrogens is 1. The molecule has 1 aromatic carbocycles. The molecule has 0 aliphatic carbocycles. The fourth-order valence-electron chi connectivity index (χ4n) is 2.41. The molecule has 0 radical (unpaired) electrons. The molecule has 1 N–H and O–H groups in total. The molecule has 22 heavy (non-hydrogen) atoms. The van der Waals surface area contributed by atoms with Gasteiger partial charge in [0, 0.05) is 24.0 Å². The smallest absolute Gasteiger partial charge is 0.231 e. The van der Waals surface area contributed by atoms with Gasteiger partial charge < -0.3 is 10.2 Å². The van der Waals surface area contributed by atoms with Gasteiger partial charge in [-0.25, -0.2) is 9.37 Å². The van der Waals surface area contributed by atoms with Crippen molar-refractivity contribution in [3.05, 3.63) is 41.2 Å². The van der Waals surface area contributed by atoms with E-state index in [4.69, 9.17) is 0 Å². The van der Waals surface area contributed by atoms with Crippen molar-refractivity contribution in [1.29, 1.82) is 0 Å². The topological polar surface area (TPSA) is 62.3 Å². The summed E-state index contributed by atoms with van der Waals surface area (Å²) in [4.78, 5) is 30.7. The fraction of sp³-hybridized carbons (Fsp3) is 0.267. The molecule has 0 bridgehead atoms. The van der Waals surface area contributed by atoms with Gasteiger partial charge in [0.2, 0.25) is 11.8 Å². The van der Waals surface area contributed by atoms with E-state index in [9.17, 15) is 14.0 Å². The van der Waals surface area contributed by atoms with Gasteiger partial charge in [-0.15, -0.1) is 11.3 Å². The number of carbonyl (C=O) groups is 2. The molecule has 0 saturated carbocycles. The van der Waals surface area contributed by atoms with Crippen LogP contribution in [0.1, 0.15) is 11.3 Å². The summed E-state index contributed by atoms with van der Waals surface area (Å²) in [7, 11) is 0. The summed E-state index contributed by atoms with van der Waals surface area (Å²) in [5.41, 5.74) is 0.216. The highest BCUT2D eigenvalue weighted by Crippen LogP contribution is 2.28. The zero-order chi connectivity index (χ0) is 15.7. The summed E-state index contributed by atoms with van der Waals surface area (Å²) in [5, 5.41) is 3.22. The predicted molar refractivity (Wildman–Crippen MR) is 82.3 cm³/mol. The first-order chi connectivity index (χ1) is 10.5. The average Bonchev–Trinajstić information content (AvgIpc) is 3.06. The Morgan fingerprint density at radius 3 is 2.91 bits per heavy atom. The van der Waals surface area contributed by atoms with Crippen LogP contribution in [-0.4, -0.2) is 23.3 Å². The maximum atomic E-state index is 13.8. The molecule has 1 aliphatic rings. The Morgan fingerprint density at radius 1 is 1.45 bits per heavy atom. The van der Waals surface area contributed by atoms with Crippen molar-refractivity contribution in [2.45, 2.75) is 13.3 Å². The van der Waals surface area contributed by atoms with Crippen molar-refractivity contribution < 1.29 is 14.0 Å². The van der Waals surface area contributed by atoms with Crippen molar-refractivity contribution in [2.75, 3.05) is 16.8 Å². The van der Waals surface area contributed by atoms with Crippen LogP contribution in [0.15, 0.2) is 30.5 Å². The van der Waals surface area contributed by atoms with E-state index in [0.717, 1.165) is 4.88 Å². The molecule has 114 valence electrons. The normalized spacial score (nSPS) is 17.8. The number of hydrogen-bond acceptors (Lipinski definition) is 4. The highest BCUT2D eigenvalue weighted by atomic mass is 32.1. The first-order valence-electron chi connectivity index (χ1n) is 6.83. The van der Waals surface area contributed by atoms with Crippen molar-refractivity contribution in [2.24, 2.45) is 5.92 Å². The molecule has 1 saturated heterocycles. The second-order valence-electron chi connectivity index (χ2n) is 5.12. The summed E-state index contributed by atoms with van der Waals surface area (Å²) in [5.74, 6) is -1.48. The Morgan fingerprint density at radius 2 is 2.23 bits per heavy atom. The number of rotatable bonds is 3. The van der Waals surface area contributed by atoms with Crippen LogP contribution < -0.4 is 10.2 Å². The highest BCUT2D eigenvalue weighted by Gasteiger charge is 2.36. The Kier molecular flexibility index (Phi) is 3.89. The van der Waals surface area contributed by atoms with Gasteiger partial charge in [-0.2, -0.15) is 0 Å². The quantitative estimate of drug-likeness (QED) is 0.946. The molecule has 0 spiro atoms. The second-order valence-corrected chi connectivity index (χ2v) is 6.36. The first-order valence-corrected chi connectivity index (χ1v) is 7.64. The Bertz CT molecular complexity index is 731. The molecule has 2 amide bonds. The van der Waals surface area contributed by atoms with Gasteiger partial charge in [-0.05, 0) is 19.1 Å². The zero-order valence-corrected chi connectivity index (χ0v) is 12.7. The number of thiazole rings is 1. The van der Waals surface area contributed by atoms with Crippen molar-refractivity contribution in [1.82, 2.24) is 4.98 Å². The molecule has 5 nitrogen and oxygen atoms in total. The fourth-order valence-corrected chi connectivity index (χ4v) is 3.07. The number of carbonyl (C=O) groups excluding carboxylic acids is 2. The SMILES string of the molecule is Cc1cnc(NC(=O)[C@@H]2CC(=O)N(c3ccccc3F)C2)s1. The molecule has 0 unspecified atom stereocenters. The lowest BCUT2D eigenvalue weighted by atomic mass is 10.1. The van der Waals surface area contributed by atoms with Crippen LogP contribution in [0.25, 0.3) is 0 Å². The summed E-state index contributed by atoms with van der Waals surface area (Å²) in [6.07, 6.45) is 1.75. The van der Waals surface area contributed by atoms with Gasteiger partial charge in [0.1, 0.15) is 5.82 Å². The number of amides is 2. The molecule has 1 fully saturated rings. The number of benzene rings is 1. The Labute approximate surface area is 130 Å². The average molecular weight is 319 g/mol. The summed E-state index contributed by atoms with van der Waals surface area (Å²) >= 11 is 1.37. The highest BCUT2D eigenvalue weighted by molar-refractivity contribution is 7.15. The van der Waals surface area contributed by atoms with Crippen LogP contribution in [0.3, 0.4) is 0 Å². The molecule has 7 heteroatoms. The van der Waals surface area contributed by atoms with E-state index in [0.29, 0.717) is 5.13 Å². The maximum Gasteiger partial charge on any atom is 0.231 e. The minimum atomic E-state index is -0.503. The van der Waals surface area contributed by atoms with E-state index in [2.05, 4.69) is 10.3 Å². The van der Waals surface area contributed by atoms with E-state index < -0.39 is 11.7 Å². The number of nitrogens with zero attached hydrogens (tertiary/aromatic N) is 2. The molecule has 1 atom stereocenters. The predicted octanol–water partition coefficient (Wildman–Crippen LogP) is 2.58. The third kappa shape index (κ3) is 2.85. The number of nitrogens with one attached hydrogen (secondary N) is 1. The lowest BCUT2D eigenvalue weighted by Crippen LogP contribution is -2.28. The van der Waals surface area contributed by atoms with Crippen LogP contribution in [-0.2, 0) is 9.59 Å². The van der Waals surface area contributed by atoms with Crippen LogP contribution in [0.2, 0.25) is 0 Å². The standard InChI is InChI=1S/C15H14FN3O2S/c1-9-7-17-15(22-9)18-14(21)10-6-13(20)19(8-10)12-5-3-2-4-11(12)16/h2-5,7,10H,6,8H2,1H3,(H,17,18,21)/t10-/m1/s1. The van der Waals surface area contributed by atoms with Crippen LogP contribution in [0, 0.1) is 18.7 Å². The largest absolute Gasteiger partial charge is 0.309 e. The summed E-state index contributed by atoms with van der Waals surface area (Å²) in [6.45, 7) is 2.07. The lowest BCUT2D eigenvalue weighted by Gasteiger charge is -2.17. The van der Waals surface area contributed by atoms with Gasteiger partial charge in [-0.3, -0.25) is 9.59 Å².